The van der Waals surface area contributed by atoms with Crippen molar-refractivity contribution in [3.63, 3.8) is 0 Å². The molecule has 0 spiro atoms. The molecule has 2 aromatic carbocycles. The van der Waals surface area contributed by atoms with Crippen molar-refractivity contribution >= 4 is 5.69 Å². The molecule has 1 unspecified atom stereocenters. The Morgan fingerprint density at radius 2 is 1.79 bits per heavy atom. The lowest BCUT2D eigenvalue weighted by Gasteiger charge is -2.35. The third kappa shape index (κ3) is 3.36. The van der Waals surface area contributed by atoms with Gasteiger partial charge in [-0.3, -0.25) is 0 Å². The number of allylic oxidation sites excluding steroid dienone is 4. The Bertz CT molecular complexity index is 977. The fraction of sp³-hybridized carbons (Fsp3) is 0.217. The van der Waals surface area contributed by atoms with Crippen molar-refractivity contribution in [1.82, 2.24) is 5.32 Å². The molecule has 1 N–H and O–H groups in total. The van der Waals surface area contributed by atoms with Gasteiger partial charge in [0.05, 0.1) is 20.3 Å². The molecule has 0 fully saturated rings. The molecular weight excluding hydrogens is 355 g/mol. The molecule has 4 rings (SSSR count). The summed E-state index contributed by atoms with van der Waals surface area (Å²) >= 11 is 0. The Morgan fingerprint density at radius 3 is 2.50 bits per heavy atom. The van der Waals surface area contributed by atoms with Gasteiger partial charge in [0.15, 0.2) is 11.5 Å². The van der Waals surface area contributed by atoms with E-state index in [1.807, 2.05) is 30.3 Å². The van der Waals surface area contributed by atoms with E-state index in [2.05, 4.69) is 35.5 Å². The molecule has 0 saturated heterocycles. The molecule has 28 heavy (non-hydrogen) atoms. The van der Waals surface area contributed by atoms with E-state index >= 15 is 0 Å². The first kappa shape index (κ1) is 18.2. The lowest BCUT2D eigenvalue weighted by atomic mass is 9.89. The van der Waals surface area contributed by atoms with Gasteiger partial charge in [-0.25, -0.2) is 4.39 Å². The molecule has 0 aromatic heterocycles. The van der Waals surface area contributed by atoms with Gasteiger partial charge in [-0.2, -0.15) is 0 Å². The third-order valence-corrected chi connectivity index (χ3v) is 5.14. The summed E-state index contributed by atoms with van der Waals surface area (Å²) in [6.45, 7) is 2.77. The van der Waals surface area contributed by atoms with Crippen LogP contribution in [0.5, 0.6) is 11.5 Å². The summed E-state index contributed by atoms with van der Waals surface area (Å²) in [7, 11) is 3.27. The Kier molecular flexibility index (Phi) is 4.82. The lowest BCUT2D eigenvalue weighted by molar-refractivity contribution is 0.355. The van der Waals surface area contributed by atoms with Gasteiger partial charge in [0.1, 0.15) is 5.82 Å². The third-order valence-electron chi connectivity index (χ3n) is 5.14. The minimum absolute atomic E-state index is 0.00759. The molecular formula is C23H23FN2O2. The average molecular weight is 378 g/mol. The van der Waals surface area contributed by atoms with Crippen LogP contribution in [0.2, 0.25) is 0 Å². The largest absolute Gasteiger partial charge is 0.493 e. The maximum absolute atomic E-state index is 13.4. The molecule has 1 atom stereocenters. The lowest BCUT2D eigenvalue weighted by Crippen LogP contribution is -2.33. The van der Waals surface area contributed by atoms with Crippen LogP contribution < -0.4 is 19.7 Å². The number of rotatable bonds is 4. The smallest absolute Gasteiger partial charge is 0.162 e. The summed E-state index contributed by atoms with van der Waals surface area (Å²) in [5, 5.41) is 3.54. The van der Waals surface area contributed by atoms with Crippen LogP contribution in [0.3, 0.4) is 0 Å². The van der Waals surface area contributed by atoms with Crippen molar-refractivity contribution in [3.8, 4) is 11.5 Å². The molecule has 0 aliphatic carbocycles. The number of benzene rings is 2. The monoisotopic (exact) mass is 378 g/mol. The second kappa shape index (κ2) is 7.43. The van der Waals surface area contributed by atoms with Crippen molar-refractivity contribution in [3.05, 3.63) is 89.0 Å². The predicted octanol–water partition coefficient (Wildman–Crippen LogP) is 4.72. The molecule has 4 nitrogen and oxygen atoms in total. The zero-order chi connectivity index (χ0) is 19.7. The summed E-state index contributed by atoms with van der Waals surface area (Å²) < 4.78 is 24.2. The number of nitrogens with zero attached hydrogens (tertiary/aromatic N) is 1. The minimum atomic E-state index is -0.225. The Morgan fingerprint density at radius 1 is 1.04 bits per heavy atom. The second-order valence-electron chi connectivity index (χ2n) is 6.92. The van der Waals surface area contributed by atoms with E-state index in [4.69, 9.17) is 9.47 Å². The number of dihydropyridines is 1. The van der Waals surface area contributed by atoms with Gasteiger partial charge in [-0.05, 0) is 60.1 Å². The van der Waals surface area contributed by atoms with Crippen LogP contribution in [0, 0.1) is 5.82 Å². The van der Waals surface area contributed by atoms with Gasteiger partial charge >= 0.3 is 0 Å². The molecule has 5 heteroatoms. The highest BCUT2D eigenvalue weighted by atomic mass is 19.1. The first-order valence-electron chi connectivity index (χ1n) is 9.19. The molecule has 0 radical (unpaired) electrons. The number of anilines is 1. The molecule has 2 aliphatic rings. The Labute approximate surface area is 164 Å². The number of methoxy groups -OCH3 is 2. The number of nitrogens with one attached hydrogen (secondary N) is 1. The number of hydrogen-bond acceptors (Lipinski definition) is 4. The van der Waals surface area contributed by atoms with Gasteiger partial charge in [0, 0.05) is 30.2 Å². The van der Waals surface area contributed by atoms with Crippen molar-refractivity contribution in [2.75, 3.05) is 25.7 Å². The highest BCUT2D eigenvalue weighted by molar-refractivity contribution is 5.62. The Balaban J connectivity index is 1.67. The van der Waals surface area contributed by atoms with Gasteiger partial charge in [0.25, 0.3) is 0 Å². The maximum Gasteiger partial charge on any atom is 0.162 e. The summed E-state index contributed by atoms with van der Waals surface area (Å²) in [5.41, 5.74) is 5.60. The molecule has 2 heterocycles. The predicted molar refractivity (Wildman–Crippen MR) is 109 cm³/mol. The van der Waals surface area contributed by atoms with E-state index in [9.17, 15) is 4.39 Å². The van der Waals surface area contributed by atoms with Crippen molar-refractivity contribution in [2.45, 2.75) is 13.0 Å². The van der Waals surface area contributed by atoms with E-state index in [-0.39, 0.29) is 11.9 Å². The number of hydrogen-bond donors (Lipinski definition) is 1. The highest BCUT2D eigenvalue weighted by Crippen LogP contribution is 2.37. The van der Waals surface area contributed by atoms with E-state index in [0.29, 0.717) is 11.5 Å². The van der Waals surface area contributed by atoms with Crippen LogP contribution in [0.15, 0.2) is 77.7 Å². The summed E-state index contributed by atoms with van der Waals surface area (Å²) in [5.74, 6) is 1.17. The van der Waals surface area contributed by atoms with E-state index in [0.717, 1.165) is 23.5 Å². The van der Waals surface area contributed by atoms with Crippen molar-refractivity contribution in [1.29, 1.82) is 0 Å². The summed E-state index contributed by atoms with van der Waals surface area (Å²) in [4.78, 5) is 2.17. The van der Waals surface area contributed by atoms with Crippen LogP contribution in [-0.2, 0) is 0 Å². The summed E-state index contributed by atoms with van der Waals surface area (Å²) in [6.07, 6.45) is 6.35. The molecule has 2 aromatic rings. The van der Waals surface area contributed by atoms with Gasteiger partial charge in [-0.1, -0.05) is 12.1 Å². The minimum Gasteiger partial charge on any atom is -0.493 e. The molecule has 0 bridgehead atoms. The second-order valence-corrected chi connectivity index (χ2v) is 6.92. The molecule has 144 valence electrons. The van der Waals surface area contributed by atoms with Crippen LogP contribution in [0.1, 0.15) is 18.5 Å². The van der Waals surface area contributed by atoms with Crippen molar-refractivity contribution in [2.24, 2.45) is 0 Å². The van der Waals surface area contributed by atoms with E-state index in [1.165, 1.54) is 23.3 Å². The van der Waals surface area contributed by atoms with Crippen LogP contribution >= 0.6 is 0 Å². The quantitative estimate of drug-likeness (QED) is 0.835. The fourth-order valence-corrected chi connectivity index (χ4v) is 3.71. The van der Waals surface area contributed by atoms with Crippen LogP contribution in [-0.4, -0.2) is 20.8 Å². The normalized spacial score (nSPS) is 18.4. The van der Waals surface area contributed by atoms with Gasteiger partial charge in [-0.15, -0.1) is 0 Å². The Hall–Kier alpha value is -3.21. The first-order chi connectivity index (χ1) is 13.6. The topological polar surface area (TPSA) is 33.7 Å². The van der Waals surface area contributed by atoms with Gasteiger partial charge < -0.3 is 19.7 Å². The van der Waals surface area contributed by atoms with Crippen molar-refractivity contribution < 1.29 is 13.9 Å². The summed E-state index contributed by atoms with van der Waals surface area (Å²) in [6, 6.07) is 12.6. The van der Waals surface area contributed by atoms with Crippen LogP contribution in [0.25, 0.3) is 0 Å². The zero-order valence-electron chi connectivity index (χ0n) is 16.2. The standard InChI is InChI=1S/C23H23FN2O2/c1-15-12-17-10-11-26(19-8-9-21(27-2)22(13-19)28-3)14-20(17)23(25-15)16-4-6-18(24)7-5-16/h4-13,23,25H,14H2,1-3H3. The average Bonchev–Trinajstić information content (AvgIpc) is 2.73. The number of halogens is 1. The zero-order valence-corrected chi connectivity index (χ0v) is 16.2. The van der Waals surface area contributed by atoms with Gasteiger partial charge in [0.2, 0.25) is 0 Å². The molecule has 2 aliphatic heterocycles. The first-order valence-corrected chi connectivity index (χ1v) is 9.19. The molecule has 0 amide bonds. The fourth-order valence-electron chi connectivity index (χ4n) is 3.71. The van der Waals surface area contributed by atoms with E-state index in [1.54, 1.807) is 14.2 Å². The highest BCUT2D eigenvalue weighted by Gasteiger charge is 2.26. The SMILES string of the molecule is COc1ccc(N2C=CC3=C(C2)C(c2ccc(F)cc2)NC(C)=C3)cc1OC. The van der Waals surface area contributed by atoms with Crippen LogP contribution in [0.4, 0.5) is 10.1 Å². The maximum atomic E-state index is 13.4. The van der Waals surface area contributed by atoms with E-state index < -0.39 is 0 Å². The number of ether oxygens (including phenoxy) is 2. The molecule has 0 saturated carbocycles.